The molecule has 0 spiro atoms. The smallest absolute Gasteiger partial charge is 0.290 e. The van der Waals surface area contributed by atoms with Crippen molar-refractivity contribution in [2.45, 2.75) is 182 Å². The molecule has 36 heavy (non-hydrogen) atoms. The van der Waals surface area contributed by atoms with Gasteiger partial charge < -0.3 is 5.11 Å². The average Bonchev–Trinajstić information content (AvgIpc) is 2.88. The summed E-state index contributed by atoms with van der Waals surface area (Å²) in [6.07, 6.45) is 42.1. The van der Waals surface area contributed by atoms with Gasteiger partial charge in [0.2, 0.25) is 0 Å². The van der Waals surface area contributed by atoms with Gasteiger partial charge in [-0.2, -0.15) is 0 Å². The largest absolute Gasteiger partial charge is 0.483 e. The summed E-state index contributed by atoms with van der Waals surface area (Å²) >= 11 is 0. The maximum Gasteiger partial charge on any atom is 0.290 e. The molecule has 0 heterocycles. The van der Waals surface area contributed by atoms with Gasteiger partial charge in [0.1, 0.15) is 0 Å². The van der Waals surface area contributed by atoms with Crippen LogP contribution >= 0.6 is 7.26 Å². The minimum atomic E-state index is -0.697. The van der Waals surface area contributed by atoms with Crippen LogP contribution in [-0.4, -0.2) is 36.2 Å². The molecule has 0 aliphatic carbocycles. The Hall–Kier alpha value is -0.100. The molecule has 0 unspecified atom stereocenters. The van der Waals surface area contributed by atoms with Crippen molar-refractivity contribution >= 4 is 13.7 Å². The summed E-state index contributed by atoms with van der Waals surface area (Å²) in [4.78, 5) is 8.36. The molecule has 0 rings (SSSR count). The van der Waals surface area contributed by atoms with Gasteiger partial charge in [0, 0.05) is 7.26 Å². The Bertz CT molecular complexity index is 368. The Labute approximate surface area is 229 Å². The summed E-state index contributed by atoms with van der Waals surface area (Å²) in [6, 6.07) is 0. The number of carboxylic acid groups (broad SMARTS) is 1. The van der Waals surface area contributed by atoms with E-state index in [1.807, 2.05) is 0 Å². The lowest BCUT2D eigenvalue weighted by atomic mass is 10.1. The topological polar surface area (TPSA) is 37.3 Å². The van der Waals surface area contributed by atoms with E-state index in [9.17, 15) is 0 Å². The van der Waals surface area contributed by atoms with E-state index >= 15 is 0 Å². The fraction of sp³-hybridized carbons (Fsp3) is 0.970. The van der Waals surface area contributed by atoms with Crippen LogP contribution in [0, 0.1) is 0 Å². The second-order valence-electron chi connectivity index (χ2n) is 11.4. The molecule has 2 nitrogen and oxygen atoms in total. The first kappa shape index (κ1) is 38.0. The van der Waals surface area contributed by atoms with Crippen LogP contribution in [0.2, 0.25) is 0 Å². The molecule has 0 saturated heterocycles. The molecular weight excluding hydrogens is 459 g/mol. The lowest BCUT2D eigenvalue weighted by Crippen LogP contribution is -2.13. The van der Waals surface area contributed by atoms with Gasteiger partial charge in [-0.05, 0) is 51.4 Å². The van der Waals surface area contributed by atoms with Crippen molar-refractivity contribution in [3.05, 3.63) is 0 Å². The zero-order valence-corrected chi connectivity index (χ0v) is 26.6. The molecular formula is C33H70O2P+. The summed E-state index contributed by atoms with van der Waals surface area (Å²) in [7, 11) is -0.697. The highest BCUT2D eigenvalue weighted by Gasteiger charge is 2.34. The van der Waals surface area contributed by atoms with Crippen LogP contribution in [0.1, 0.15) is 182 Å². The van der Waals surface area contributed by atoms with Crippen LogP contribution in [0.15, 0.2) is 0 Å². The van der Waals surface area contributed by atoms with Gasteiger partial charge in [-0.25, -0.2) is 0 Å². The highest BCUT2D eigenvalue weighted by molar-refractivity contribution is 7.75. The summed E-state index contributed by atoms with van der Waals surface area (Å²) in [6.45, 7) is 9.16. The lowest BCUT2D eigenvalue weighted by molar-refractivity contribution is -0.122. The first-order valence-electron chi connectivity index (χ1n) is 16.6. The van der Waals surface area contributed by atoms with Crippen LogP contribution in [0.4, 0.5) is 0 Å². The van der Waals surface area contributed by atoms with Crippen molar-refractivity contribution in [1.82, 2.24) is 0 Å². The van der Waals surface area contributed by atoms with E-state index in [-0.39, 0.29) is 6.47 Å². The average molecular weight is 530 g/mol. The van der Waals surface area contributed by atoms with Crippen molar-refractivity contribution in [2.75, 3.05) is 24.6 Å². The molecule has 0 fully saturated rings. The van der Waals surface area contributed by atoms with Crippen molar-refractivity contribution in [1.29, 1.82) is 0 Å². The zero-order chi connectivity index (χ0) is 27.0. The SMILES string of the molecule is CCCCCCCCCCCCCC[P+](CCCCCC)(CCCCCC)CCCCCC.O=CO. The number of hydrogen-bond donors (Lipinski definition) is 1. The minimum absolute atomic E-state index is 0.250. The fourth-order valence-corrected chi connectivity index (χ4v) is 10.5. The maximum absolute atomic E-state index is 8.36. The summed E-state index contributed by atoms with van der Waals surface area (Å²) in [5, 5.41) is 6.89. The van der Waals surface area contributed by atoms with Crippen molar-refractivity contribution in [2.24, 2.45) is 0 Å². The lowest BCUT2D eigenvalue weighted by Gasteiger charge is -2.28. The van der Waals surface area contributed by atoms with E-state index in [4.69, 9.17) is 9.90 Å². The molecule has 0 bridgehead atoms. The maximum atomic E-state index is 8.36. The molecule has 1 N–H and O–H groups in total. The molecule has 218 valence electrons. The Morgan fingerprint density at radius 1 is 0.389 bits per heavy atom. The monoisotopic (exact) mass is 530 g/mol. The summed E-state index contributed by atoms with van der Waals surface area (Å²) in [5.74, 6) is 0. The van der Waals surface area contributed by atoms with Crippen molar-refractivity contribution in [3.63, 3.8) is 0 Å². The molecule has 0 aliphatic rings. The van der Waals surface area contributed by atoms with Gasteiger partial charge in [-0.1, -0.05) is 130 Å². The normalized spacial score (nSPS) is 11.3. The molecule has 0 aromatic heterocycles. The first-order chi connectivity index (χ1) is 17.7. The van der Waals surface area contributed by atoms with Crippen molar-refractivity contribution < 1.29 is 9.90 Å². The number of rotatable bonds is 28. The van der Waals surface area contributed by atoms with Gasteiger partial charge in [-0.15, -0.1) is 0 Å². The Balaban J connectivity index is 0. The van der Waals surface area contributed by atoms with E-state index in [1.54, 1.807) is 50.3 Å². The standard InChI is InChI=1S/C32H68P.CH2O2/c1-5-9-13-17-18-19-20-21-22-23-24-28-32-33(29-25-14-10-6-2,30-26-15-11-7-3)31-27-16-12-8-4;2-1-3/h5-32H2,1-4H3;1H,(H,2,3)/q+1;. The van der Waals surface area contributed by atoms with E-state index in [2.05, 4.69) is 27.7 Å². The van der Waals surface area contributed by atoms with E-state index in [0.29, 0.717) is 0 Å². The third-order valence-electron chi connectivity index (χ3n) is 7.94. The van der Waals surface area contributed by atoms with Crippen LogP contribution < -0.4 is 0 Å². The van der Waals surface area contributed by atoms with Gasteiger partial charge in [0.05, 0.1) is 24.6 Å². The second-order valence-corrected chi connectivity index (χ2v) is 15.9. The molecule has 0 amide bonds. The Morgan fingerprint density at radius 3 is 0.778 bits per heavy atom. The molecule has 0 aliphatic heterocycles. The van der Waals surface area contributed by atoms with E-state index < -0.39 is 7.26 Å². The van der Waals surface area contributed by atoms with Crippen LogP contribution in [-0.2, 0) is 4.79 Å². The van der Waals surface area contributed by atoms with Gasteiger partial charge in [0.15, 0.2) is 0 Å². The summed E-state index contributed by atoms with van der Waals surface area (Å²) < 4.78 is 0. The second kappa shape index (κ2) is 32.9. The first-order valence-corrected chi connectivity index (χ1v) is 19.1. The Kier molecular flexibility index (Phi) is 34.8. The van der Waals surface area contributed by atoms with Gasteiger partial charge >= 0.3 is 0 Å². The molecule has 0 aromatic rings. The van der Waals surface area contributed by atoms with E-state index in [1.165, 1.54) is 128 Å². The fourth-order valence-electron chi connectivity index (χ4n) is 5.58. The molecule has 0 aromatic carbocycles. The Morgan fingerprint density at radius 2 is 0.556 bits per heavy atom. The van der Waals surface area contributed by atoms with E-state index in [0.717, 1.165) is 0 Å². The third kappa shape index (κ3) is 28.5. The number of carbonyl (C=O) groups is 1. The number of hydrogen-bond acceptors (Lipinski definition) is 1. The third-order valence-corrected chi connectivity index (χ3v) is 13.0. The van der Waals surface area contributed by atoms with Gasteiger partial charge in [0.25, 0.3) is 6.47 Å². The predicted molar refractivity (Wildman–Crippen MR) is 169 cm³/mol. The van der Waals surface area contributed by atoms with Crippen LogP contribution in [0.3, 0.4) is 0 Å². The quantitative estimate of drug-likeness (QED) is 0.0621. The molecule has 0 atom stereocenters. The molecule has 0 radical (unpaired) electrons. The highest BCUT2D eigenvalue weighted by atomic mass is 31.2. The van der Waals surface area contributed by atoms with Crippen molar-refractivity contribution in [3.8, 4) is 0 Å². The summed E-state index contributed by atoms with van der Waals surface area (Å²) in [5.41, 5.74) is 0. The van der Waals surface area contributed by atoms with Crippen LogP contribution in [0.25, 0.3) is 0 Å². The zero-order valence-electron chi connectivity index (χ0n) is 25.7. The highest BCUT2D eigenvalue weighted by Crippen LogP contribution is 2.61. The number of unbranched alkanes of at least 4 members (excludes halogenated alkanes) is 20. The van der Waals surface area contributed by atoms with Gasteiger partial charge in [-0.3, -0.25) is 4.79 Å². The predicted octanol–water partition coefficient (Wildman–Crippen LogP) is 12.1. The minimum Gasteiger partial charge on any atom is -0.483 e. The molecule has 3 heteroatoms. The van der Waals surface area contributed by atoms with Crippen LogP contribution in [0.5, 0.6) is 0 Å². The molecule has 0 saturated carbocycles.